The molecule has 1 amide bonds. The molecule has 0 aromatic heterocycles. The lowest BCUT2D eigenvalue weighted by atomic mass is 10.0. The summed E-state index contributed by atoms with van der Waals surface area (Å²) in [4.78, 5) is 21.9. The van der Waals surface area contributed by atoms with Gasteiger partial charge in [-0.15, -0.1) is 0 Å². The molecule has 0 saturated heterocycles. The van der Waals surface area contributed by atoms with E-state index >= 15 is 0 Å². The largest absolute Gasteiger partial charge is 0.346 e. The monoisotopic (exact) mass is 246 g/mol. The minimum atomic E-state index is -0.481. The molecule has 18 heavy (non-hydrogen) atoms. The van der Waals surface area contributed by atoms with Crippen LogP contribution in [-0.4, -0.2) is 16.9 Å². The number of nitro benzene ring substituents is 1. The predicted molar refractivity (Wildman–Crippen MR) is 67.3 cm³/mol. The summed E-state index contributed by atoms with van der Waals surface area (Å²) in [5, 5.41) is 13.4. The maximum atomic E-state index is 11.9. The van der Waals surface area contributed by atoms with Crippen LogP contribution in [0.15, 0.2) is 36.4 Å². The van der Waals surface area contributed by atoms with E-state index in [4.69, 9.17) is 0 Å². The van der Waals surface area contributed by atoms with Crippen LogP contribution >= 0.6 is 0 Å². The van der Waals surface area contributed by atoms with Gasteiger partial charge in [0.1, 0.15) is 0 Å². The van der Waals surface area contributed by atoms with E-state index in [1.807, 2.05) is 6.08 Å². The molecule has 0 heterocycles. The Morgan fingerprint density at radius 2 is 2.06 bits per heavy atom. The molecule has 2 rings (SSSR count). The van der Waals surface area contributed by atoms with Gasteiger partial charge in [0.25, 0.3) is 11.6 Å². The highest BCUT2D eigenvalue weighted by molar-refractivity contribution is 5.94. The molecule has 1 aliphatic carbocycles. The molecule has 1 atom stereocenters. The Morgan fingerprint density at radius 1 is 1.33 bits per heavy atom. The first-order valence-corrected chi connectivity index (χ1v) is 5.89. The van der Waals surface area contributed by atoms with Crippen LogP contribution in [0.2, 0.25) is 0 Å². The maximum absolute atomic E-state index is 11.9. The van der Waals surface area contributed by atoms with E-state index in [0.29, 0.717) is 5.56 Å². The number of amides is 1. The fourth-order valence-corrected chi connectivity index (χ4v) is 1.92. The third-order valence-electron chi connectivity index (χ3n) is 2.91. The normalized spacial score (nSPS) is 18.3. The molecule has 0 spiro atoms. The van der Waals surface area contributed by atoms with Gasteiger partial charge in [-0.1, -0.05) is 12.2 Å². The van der Waals surface area contributed by atoms with Crippen molar-refractivity contribution in [1.82, 2.24) is 5.32 Å². The minimum absolute atomic E-state index is 0.0101. The zero-order valence-electron chi connectivity index (χ0n) is 9.83. The van der Waals surface area contributed by atoms with Crippen molar-refractivity contribution in [2.45, 2.75) is 25.3 Å². The number of allylic oxidation sites excluding steroid dienone is 1. The Hall–Kier alpha value is -2.17. The first-order chi connectivity index (χ1) is 8.66. The van der Waals surface area contributed by atoms with Gasteiger partial charge in [0.05, 0.1) is 4.92 Å². The van der Waals surface area contributed by atoms with E-state index in [-0.39, 0.29) is 17.6 Å². The van der Waals surface area contributed by atoms with Crippen LogP contribution in [0.3, 0.4) is 0 Å². The number of hydrogen-bond acceptors (Lipinski definition) is 3. The summed E-state index contributed by atoms with van der Waals surface area (Å²) < 4.78 is 0. The summed E-state index contributed by atoms with van der Waals surface area (Å²) in [5.74, 6) is -0.193. The van der Waals surface area contributed by atoms with Gasteiger partial charge in [0.2, 0.25) is 0 Å². The van der Waals surface area contributed by atoms with Crippen molar-refractivity contribution in [3.8, 4) is 0 Å². The number of nitrogens with one attached hydrogen (secondary N) is 1. The number of carbonyl (C=O) groups excluding carboxylic acids is 1. The molecule has 1 N–H and O–H groups in total. The molecule has 1 aromatic rings. The van der Waals surface area contributed by atoms with E-state index in [2.05, 4.69) is 11.4 Å². The van der Waals surface area contributed by atoms with Gasteiger partial charge < -0.3 is 5.32 Å². The molecule has 1 unspecified atom stereocenters. The van der Waals surface area contributed by atoms with E-state index in [1.165, 1.54) is 24.3 Å². The molecule has 1 aliphatic rings. The number of non-ortho nitro benzene ring substituents is 1. The predicted octanol–water partition coefficient (Wildman–Crippen LogP) is 2.43. The highest BCUT2D eigenvalue weighted by atomic mass is 16.6. The van der Waals surface area contributed by atoms with E-state index in [0.717, 1.165) is 19.3 Å². The van der Waals surface area contributed by atoms with Gasteiger partial charge >= 0.3 is 0 Å². The van der Waals surface area contributed by atoms with Crippen molar-refractivity contribution in [3.05, 3.63) is 52.1 Å². The van der Waals surface area contributed by atoms with Gasteiger partial charge in [-0.05, 0) is 31.4 Å². The molecule has 94 valence electrons. The molecule has 0 aliphatic heterocycles. The summed E-state index contributed by atoms with van der Waals surface area (Å²) in [7, 11) is 0. The summed E-state index contributed by atoms with van der Waals surface area (Å²) in [6.45, 7) is 0. The van der Waals surface area contributed by atoms with Gasteiger partial charge in [-0.3, -0.25) is 14.9 Å². The third-order valence-corrected chi connectivity index (χ3v) is 2.91. The number of benzene rings is 1. The lowest BCUT2D eigenvalue weighted by Crippen LogP contribution is -2.34. The quantitative estimate of drug-likeness (QED) is 0.505. The van der Waals surface area contributed by atoms with Crippen LogP contribution in [0, 0.1) is 10.1 Å². The van der Waals surface area contributed by atoms with Gasteiger partial charge in [-0.2, -0.15) is 0 Å². The van der Waals surface area contributed by atoms with Crippen molar-refractivity contribution in [3.63, 3.8) is 0 Å². The molecule has 0 radical (unpaired) electrons. The lowest BCUT2D eigenvalue weighted by molar-refractivity contribution is -0.384. The van der Waals surface area contributed by atoms with Crippen LogP contribution in [0.25, 0.3) is 0 Å². The number of nitro groups is 1. The summed E-state index contributed by atoms with van der Waals surface area (Å²) in [6.07, 6.45) is 7.12. The smallest absolute Gasteiger partial charge is 0.269 e. The number of nitrogens with zero attached hydrogens (tertiary/aromatic N) is 1. The van der Waals surface area contributed by atoms with Gasteiger partial charge in [0.15, 0.2) is 0 Å². The second-order valence-electron chi connectivity index (χ2n) is 4.24. The minimum Gasteiger partial charge on any atom is -0.346 e. The van der Waals surface area contributed by atoms with Crippen molar-refractivity contribution in [1.29, 1.82) is 0 Å². The molecule has 5 heteroatoms. The lowest BCUT2D eigenvalue weighted by Gasteiger charge is -2.17. The van der Waals surface area contributed by atoms with Crippen molar-refractivity contribution in [2.24, 2.45) is 0 Å². The number of hydrogen-bond donors (Lipinski definition) is 1. The molecular weight excluding hydrogens is 232 g/mol. The maximum Gasteiger partial charge on any atom is 0.269 e. The Labute approximate surface area is 105 Å². The SMILES string of the molecule is O=C(NC1C=CCCC1)c1ccc([N+](=O)[O-])cc1. The second kappa shape index (κ2) is 5.44. The molecule has 5 nitrogen and oxygen atoms in total. The Balaban J connectivity index is 2.02. The zero-order chi connectivity index (χ0) is 13.0. The van der Waals surface area contributed by atoms with Gasteiger partial charge in [0, 0.05) is 23.7 Å². The van der Waals surface area contributed by atoms with E-state index in [1.54, 1.807) is 0 Å². The van der Waals surface area contributed by atoms with Crippen LogP contribution in [0.1, 0.15) is 29.6 Å². The van der Waals surface area contributed by atoms with E-state index < -0.39 is 4.92 Å². The van der Waals surface area contributed by atoms with Crippen LogP contribution in [0.4, 0.5) is 5.69 Å². The van der Waals surface area contributed by atoms with Crippen molar-refractivity contribution < 1.29 is 9.72 Å². The van der Waals surface area contributed by atoms with E-state index in [9.17, 15) is 14.9 Å². The Bertz CT molecular complexity index is 480. The van der Waals surface area contributed by atoms with Crippen LogP contribution < -0.4 is 5.32 Å². The first kappa shape index (κ1) is 12.3. The fraction of sp³-hybridized carbons (Fsp3) is 0.308. The average Bonchev–Trinajstić information content (AvgIpc) is 2.40. The Morgan fingerprint density at radius 3 is 2.61 bits per heavy atom. The second-order valence-corrected chi connectivity index (χ2v) is 4.24. The summed E-state index contributed by atoms with van der Waals surface area (Å²) in [6, 6.07) is 5.69. The van der Waals surface area contributed by atoms with Crippen LogP contribution in [0.5, 0.6) is 0 Å². The third kappa shape index (κ3) is 2.94. The number of rotatable bonds is 3. The zero-order valence-corrected chi connectivity index (χ0v) is 9.83. The molecule has 0 bridgehead atoms. The summed E-state index contributed by atoms with van der Waals surface area (Å²) >= 11 is 0. The van der Waals surface area contributed by atoms with Crippen molar-refractivity contribution >= 4 is 11.6 Å². The molecule has 0 saturated carbocycles. The van der Waals surface area contributed by atoms with Gasteiger partial charge in [-0.25, -0.2) is 0 Å². The standard InChI is InChI=1S/C13H14N2O3/c16-13(14-11-4-2-1-3-5-11)10-6-8-12(9-7-10)15(17)18/h2,4,6-9,11H,1,3,5H2,(H,14,16). The molecule has 0 fully saturated rings. The average molecular weight is 246 g/mol. The fourth-order valence-electron chi connectivity index (χ4n) is 1.92. The topological polar surface area (TPSA) is 72.2 Å². The van der Waals surface area contributed by atoms with Crippen LogP contribution in [-0.2, 0) is 0 Å². The Kier molecular flexibility index (Phi) is 3.72. The van der Waals surface area contributed by atoms with Crippen molar-refractivity contribution in [2.75, 3.05) is 0 Å². The number of carbonyl (C=O) groups is 1. The summed E-state index contributed by atoms with van der Waals surface area (Å²) in [5.41, 5.74) is 0.434. The molecule has 1 aromatic carbocycles. The highest BCUT2D eigenvalue weighted by Gasteiger charge is 2.14. The first-order valence-electron chi connectivity index (χ1n) is 5.89. The molecular formula is C13H14N2O3. The highest BCUT2D eigenvalue weighted by Crippen LogP contribution is 2.14.